The summed E-state index contributed by atoms with van der Waals surface area (Å²) in [5.74, 6) is 0.727. The Bertz CT molecular complexity index is 1450. The topological polar surface area (TPSA) is 109 Å². The fourth-order valence-corrected chi connectivity index (χ4v) is 4.32. The average Bonchev–Trinajstić information content (AvgIpc) is 3.50. The second kappa shape index (κ2) is 8.94. The Morgan fingerprint density at radius 2 is 1.94 bits per heavy atom. The van der Waals surface area contributed by atoms with Crippen molar-refractivity contribution in [2.24, 2.45) is 0 Å². The minimum Gasteiger partial charge on any atom is -0.382 e. The number of carbonyl (C=O) groups is 2. The van der Waals surface area contributed by atoms with Crippen molar-refractivity contribution in [3.8, 4) is 11.3 Å². The summed E-state index contributed by atoms with van der Waals surface area (Å²) in [5, 5.41) is 2.92. The summed E-state index contributed by atoms with van der Waals surface area (Å²) in [4.78, 5) is 37.8. The number of rotatable bonds is 5. The van der Waals surface area contributed by atoms with Gasteiger partial charge in [-0.15, -0.1) is 0 Å². The van der Waals surface area contributed by atoms with E-state index in [0.29, 0.717) is 48.3 Å². The zero-order valence-electron chi connectivity index (χ0n) is 19.3. The molecule has 0 aliphatic carbocycles. The summed E-state index contributed by atoms with van der Waals surface area (Å²) in [7, 11) is 0. The number of amides is 2. The fraction of sp³-hybridized carbons (Fsp3) is 0.154. The van der Waals surface area contributed by atoms with E-state index in [0.717, 1.165) is 16.8 Å². The number of para-hydroxylation sites is 1. The van der Waals surface area contributed by atoms with Crippen LogP contribution in [0.25, 0.3) is 16.8 Å². The first kappa shape index (κ1) is 22.1. The molecule has 0 radical (unpaired) electrons. The maximum absolute atomic E-state index is 12.8. The molecule has 0 spiro atoms. The van der Waals surface area contributed by atoms with Gasteiger partial charge in [0.05, 0.1) is 6.67 Å². The van der Waals surface area contributed by atoms with Crippen molar-refractivity contribution < 1.29 is 9.59 Å². The van der Waals surface area contributed by atoms with Crippen molar-refractivity contribution in [2.45, 2.75) is 6.92 Å². The van der Waals surface area contributed by atoms with Crippen molar-refractivity contribution in [2.75, 3.05) is 35.7 Å². The quantitative estimate of drug-likeness (QED) is 0.436. The number of anilines is 3. The molecule has 2 amide bonds. The van der Waals surface area contributed by atoms with Crippen LogP contribution >= 0.6 is 0 Å². The third-order valence-corrected chi connectivity index (χ3v) is 6.09. The van der Waals surface area contributed by atoms with E-state index in [1.165, 1.54) is 6.08 Å². The van der Waals surface area contributed by atoms with Crippen LogP contribution in [0.15, 0.2) is 73.6 Å². The van der Waals surface area contributed by atoms with Gasteiger partial charge in [-0.1, -0.05) is 30.8 Å². The highest BCUT2D eigenvalue weighted by Crippen LogP contribution is 2.33. The minimum atomic E-state index is -0.180. The monoisotopic (exact) mass is 467 g/mol. The predicted octanol–water partition coefficient (Wildman–Crippen LogP) is 3.33. The molecule has 1 aliphatic rings. The number of aromatic nitrogens is 3. The van der Waals surface area contributed by atoms with E-state index < -0.39 is 0 Å². The zero-order valence-corrected chi connectivity index (χ0v) is 19.3. The average molecular weight is 468 g/mol. The van der Waals surface area contributed by atoms with Gasteiger partial charge in [0, 0.05) is 42.3 Å². The van der Waals surface area contributed by atoms with Crippen molar-refractivity contribution in [3.63, 3.8) is 0 Å². The Labute approximate surface area is 202 Å². The molecule has 9 nitrogen and oxygen atoms in total. The van der Waals surface area contributed by atoms with Gasteiger partial charge < -0.3 is 20.9 Å². The molecule has 3 N–H and O–H groups in total. The van der Waals surface area contributed by atoms with E-state index in [-0.39, 0.29) is 11.8 Å². The number of aryl methyl sites for hydroxylation is 1. The normalized spacial score (nSPS) is 13.3. The molecule has 3 heterocycles. The number of nitrogens with two attached hydrogens (primary N) is 1. The standard InChI is InChI=1S/C26H25N7O2/c1-3-21(34)31-13-14-32(16-31)26-30-22(23-24(27)28-11-12-33(23)26)18-9-10-20(17(2)15-18)25(35)29-19-7-5-4-6-8-19/h3-12,15H,1,13-14,16H2,2H3,(H2,27,28)(H,29,35). The molecule has 35 heavy (non-hydrogen) atoms. The lowest BCUT2D eigenvalue weighted by Gasteiger charge is -2.17. The van der Waals surface area contributed by atoms with Gasteiger partial charge in [0.15, 0.2) is 0 Å². The molecule has 1 aliphatic heterocycles. The van der Waals surface area contributed by atoms with Gasteiger partial charge in [-0.2, -0.15) is 0 Å². The van der Waals surface area contributed by atoms with Gasteiger partial charge >= 0.3 is 0 Å². The van der Waals surface area contributed by atoms with Crippen LogP contribution in [0.5, 0.6) is 0 Å². The van der Waals surface area contributed by atoms with Crippen LogP contribution in [-0.4, -0.2) is 50.8 Å². The predicted molar refractivity (Wildman–Crippen MR) is 136 cm³/mol. The summed E-state index contributed by atoms with van der Waals surface area (Å²) in [6.45, 7) is 7.09. The van der Waals surface area contributed by atoms with Crippen LogP contribution in [0.3, 0.4) is 0 Å². The van der Waals surface area contributed by atoms with Gasteiger partial charge in [-0.05, 0) is 42.8 Å². The number of nitrogens with zero attached hydrogens (tertiary/aromatic N) is 5. The highest BCUT2D eigenvalue weighted by molar-refractivity contribution is 6.05. The Morgan fingerprint density at radius 3 is 2.69 bits per heavy atom. The molecular weight excluding hydrogens is 442 g/mol. The molecule has 9 heteroatoms. The molecule has 176 valence electrons. The van der Waals surface area contributed by atoms with E-state index in [2.05, 4.69) is 16.9 Å². The molecule has 2 aromatic carbocycles. The molecule has 2 aromatic heterocycles. The Hall–Kier alpha value is -4.66. The van der Waals surface area contributed by atoms with Crippen LogP contribution in [0.4, 0.5) is 17.5 Å². The molecule has 1 saturated heterocycles. The third kappa shape index (κ3) is 4.08. The summed E-state index contributed by atoms with van der Waals surface area (Å²) >= 11 is 0. The van der Waals surface area contributed by atoms with Gasteiger partial charge in [-0.3, -0.25) is 14.0 Å². The van der Waals surface area contributed by atoms with Gasteiger partial charge in [-0.25, -0.2) is 9.97 Å². The molecule has 0 unspecified atom stereocenters. The number of fused-ring (bicyclic) bond motifs is 1. The molecule has 5 rings (SSSR count). The number of carbonyl (C=O) groups excluding carboxylic acids is 2. The van der Waals surface area contributed by atoms with Crippen molar-refractivity contribution >= 4 is 34.8 Å². The first-order valence-electron chi connectivity index (χ1n) is 11.2. The second-order valence-corrected chi connectivity index (χ2v) is 8.35. The van der Waals surface area contributed by atoms with E-state index in [1.807, 2.05) is 64.9 Å². The molecule has 4 aromatic rings. The first-order chi connectivity index (χ1) is 17.0. The Balaban J connectivity index is 1.50. The second-order valence-electron chi connectivity index (χ2n) is 8.35. The molecule has 0 saturated carbocycles. The number of imidazole rings is 1. The molecule has 0 bridgehead atoms. The Morgan fingerprint density at radius 1 is 1.14 bits per heavy atom. The largest absolute Gasteiger partial charge is 0.382 e. The van der Waals surface area contributed by atoms with Crippen LogP contribution in [0.1, 0.15) is 15.9 Å². The van der Waals surface area contributed by atoms with Crippen LogP contribution in [0, 0.1) is 6.92 Å². The summed E-state index contributed by atoms with van der Waals surface area (Å²) < 4.78 is 1.89. The smallest absolute Gasteiger partial charge is 0.255 e. The third-order valence-electron chi connectivity index (χ3n) is 6.09. The molecular formula is C26H25N7O2. The SMILES string of the molecule is C=CC(=O)N1CCN(c2nc(-c3ccc(C(=O)Nc4ccccc4)c(C)c3)c3c(N)nccn23)C1. The number of benzene rings is 2. The van der Waals surface area contributed by atoms with E-state index in [1.54, 1.807) is 17.2 Å². The van der Waals surface area contributed by atoms with Crippen molar-refractivity contribution in [1.82, 2.24) is 19.3 Å². The number of nitrogens with one attached hydrogen (secondary N) is 1. The van der Waals surface area contributed by atoms with E-state index >= 15 is 0 Å². The fourth-order valence-electron chi connectivity index (χ4n) is 4.32. The number of nitrogen functional groups attached to an aromatic ring is 1. The molecule has 1 fully saturated rings. The maximum Gasteiger partial charge on any atom is 0.255 e. The van der Waals surface area contributed by atoms with Crippen LogP contribution in [0.2, 0.25) is 0 Å². The van der Waals surface area contributed by atoms with Crippen molar-refractivity contribution in [1.29, 1.82) is 0 Å². The van der Waals surface area contributed by atoms with E-state index in [9.17, 15) is 9.59 Å². The lowest BCUT2D eigenvalue weighted by atomic mass is 10.0. The van der Waals surface area contributed by atoms with E-state index in [4.69, 9.17) is 10.7 Å². The van der Waals surface area contributed by atoms with Gasteiger partial charge in [0.25, 0.3) is 5.91 Å². The highest BCUT2D eigenvalue weighted by Gasteiger charge is 2.28. The highest BCUT2D eigenvalue weighted by atomic mass is 16.2. The van der Waals surface area contributed by atoms with Gasteiger partial charge in [0.2, 0.25) is 11.9 Å². The van der Waals surface area contributed by atoms with Crippen molar-refractivity contribution in [3.05, 3.63) is 84.7 Å². The molecule has 0 atom stereocenters. The Kier molecular flexibility index (Phi) is 5.66. The number of hydrogen-bond donors (Lipinski definition) is 2. The summed E-state index contributed by atoms with van der Waals surface area (Å²) in [6, 6.07) is 14.9. The van der Waals surface area contributed by atoms with Gasteiger partial charge in [0.1, 0.15) is 17.0 Å². The van der Waals surface area contributed by atoms with Crippen LogP contribution < -0.4 is 16.0 Å². The number of hydrogen-bond acceptors (Lipinski definition) is 6. The minimum absolute atomic E-state index is 0.116. The lowest BCUT2D eigenvalue weighted by molar-refractivity contribution is -0.124. The zero-order chi connectivity index (χ0) is 24.5. The first-order valence-corrected chi connectivity index (χ1v) is 11.2. The van der Waals surface area contributed by atoms with Crippen LogP contribution in [-0.2, 0) is 4.79 Å². The summed E-state index contributed by atoms with van der Waals surface area (Å²) in [6.07, 6.45) is 4.76. The lowest BCUT2D eigenvalue weighted by Crippen LogP contribution is -2.30. The maximum atomic E-state index is 12.8. The summed E-state index contributed by atoms with van der Waals surface area (Å²) in [5.41, 5.74) is 10.6.